The van der Waals surface area contributed by atoms with Crippen LogP contribution >= 0.6 is 0 Å². The Balaban J connectivity index is 2.78. The third kappa shape index (κ3) is 3.77. The molecule has 0 spiro atoms. The molecule has 0 aromatic carbocycles. The van der Waals surface area contributed by atoms with E-state index < -0.39 is 0 Å². The first kappa shape index (κ1) is 12.9. The molecule has 0 amide bonds. The number of anilines is 1. The van der Waals surface area contributed by atoms with Crippen molar-refractivity contribution in [3.63, 3.8) is 0 Å². The maximum Gasteiger partial charge on any atom is 0.150 e. The van der Waals surface area contributed by atoms with Gasteiger partial charge in [-0.1, -0.05) is 13.8 Å². The zero-order valence-electron chi connectivity index (χ0n) is 10.5. The van der Waals surface area contributed by atoms with E-state index in [1.807, 2.05) is 6.92 Å². The van der Waals surface area contributed by atoms with E-state index >= 15 is 0 Å². The average Bonchev–Trinajstić information content (AvgIpc) is 2.24. The summed E-state index contributed by atoms with van der Waals surface area (Å²) in [5, 5.41) is 0. The van der Waals surface area contributed by atoms with Gasteiger partial charge in [0.25, 0.3) is 0 Å². The van der Waals surface area contributed by atoms with Crippen LogP contribution in [0.3, 0.4) is 0 Å². The molecule has 0 atom stereocenters. The second-order valence-corrected chi connectivity index (χ2v) is 4.45. The molecule has 0 bridgehead atoms. The zero-order chi connectivity index (χ0) is 12.0. The standard InChI is InChI=1S/C12H22N4/c1-10(2)9-16(8-4-5-13)12-11(3)14-6-7-15-12/h6-7,10H,4-5,8-9,13H2,1-3H3. The number of nitrogens with zero attached hydrogens (tertiary/aromatic N) is 3. The number of aromatic nitrogens is 2. The third-order valence-electron chi connectivity index (χ3n) is 2.37. The highest BCUT2D eigenvalue weighted by atomic mass is 15.2. The number of nitrogens with two attached hydrogens (primary N) is 1. The zero-order valence-corrected chi connectivity index (χ0v) is 10.5. The summed E-state index contributed by atoms with van der Waals surface area (Å²) in [4.78, 5) is 11.0. The van der Waals surface area contributed by atoms with Crippen LogP contribution in [0.1, 0.15) is 26.0 Å². The number of rotatable bonds is 6. The van der Waals surface area contributed by atoms with Crippen LogP contribution in [0, 0.1) is 12.8 Å². The first-order valence-corrected chi connectivity index (χ1v) is 5.87. The lowest BCUT2D eigenvalue weighted by Gasteiger charge is -2.26. The number of aryl methyl sites for hydroxylation is 1. The summed E-state index contributed by atoms with van der Waals surface area (Å²) in [5.74, 6) is 1.60. The lowest BCUT2D eigenvalue weighted by molar-refractivity contribution is 0.594. The Kier molecular flexibility index (Phi) is 5.19. The molecule has 4 heteroatoms. The van der Waals surface area contributed by atoms with Gasteiger partial charge in [-0.25, -0.2) is 4.98 Å². The van der Waals surface area contributed by atoms with Crippen LogP contribution in [0.2, 0.25) is 0 Å². The van der Waals surface area contributed by atoms with Crippen molar-refractivity contribution in [3.8, 4) is 0 Å². The first-order valence-electron chi connectivity index (χ1n) is 5.87. The molecule has 1 rings (SSSR count). The molecule has 0 fully saturated rings. The Morgan fingerprint density at radius 2 is 2.00 bits per heavy atom. The first-order chi connectivity index (χ1) is 7.65. The van der Waals surface area contributed by atoms with Crippen molar-refractivity contribution in [3.05, 3.63) is 18.1 Å². The minimum Gasteiger partial charge on any atom is -0.355 e. The predicted molar refractivity (Wildman–Crippen MR) is 67.5 cm³/mol. The summed E-state index contributed by atoms with van der Waals surface area (Å²) >= 11 is 0. The van der Waals surface area contributed by atoms with Gasteiger partial charge >= 0.3 is 0 Å². The van der Waals surface area contributed by atoms with Gasteiger partial charge in [-0.15, -0.1) is 0 Å². The molecule has 1 aromatic rings. The third-order valence-corrected chi connectivity index (χ3v) is 2.37. The second-order valence-electron chi connectivity index (χ2n) is 4.45. The van der Waals surface area contributed by atoms with E-state index in [2.05, 4.69) is 28.7 Å². The molecule has 0 unspecified atom stereocenters. The minimum absolute atomic E-state index is 0.610. The SMILES string of the molecule is Cc1nccnc1N(CCCN)CC(C)C. The normalized spacial score (nSPS) is 10.8. The topological polar surface area (TPSA) is 55.0 Å². The van der Waals surface area contributed by atoms with E-state index in [0.29, 0.717) is 12.5 Å². The number of hydrogen-bond acceptors (Lipinski definition) is 4. The van der Waals surface area contributed by atoms with Crippen molar-refractivity contribution in [2.75, 3.05) is 24.5 Å². The highest BCUT2D eigenvalue weighted by Crippen LogP contribution is 2.15. The van der Waals surface area contributed by atoms with Crippen LogP contribution in [0.5, 0.6) is 0 Å². The van der Waals surface area contributed by atoms with Gasteiger partial charge in [0.15, 0.2) is 0 Å². The van der Waals surface area contributed by atoms with E-state index in [9.17, 15) is 0 Å². The number of hydrogen-bond donors (Lipinski definition) is 1. The molecule has 0 radical (unpaired) electrons. The molecule has 0 aliphatic carbocycles. The smallest absolute Gasteiger partial charge is 0.150 e. The Morgan fingerprint density at radius 3 is 2.56 bits per heavy atom. The van der Waals surface area contributed by atoms with E-state index in [4.69, 9.17) is 5.73 Å². The highest BCUT2D eigenvalue weighted by molar-refractivity contribution is 5.42. The van der Waals surface area contributed by atoms with Crippen molar-refractivity contribution in [2.45, 2.75) is 27.2 Å². The van der Waals surface area contributed by atoms with Gasteiger partial charge in [0.1, 0.15) is 5.82 Å². The molecule has 2 N–H and O–H groups in total. The molecule has 1 heterocycles. The molecule has 0 aliphatic heterocycles. The van der Waals surface area contributed by atoms with Crippen molar-refractivity contribution in [2.24, 2.45) is 11.7 Å². The van der Waals surface area contributed by atoms with E-state index in [1.165, 1.54) is 0 Å². The van der Waals surface area contributed by atoms with Crippen LogP contribution in [0.4, 0.5) is 5.82 Å². The summed E-state index contributed by atoms with van der Waals surface area (Å²) in [7, 11) is 0. The monoisotopic (exact) mass is 222 g/mol. The fourth-order valence-electron chi connectivity index (χ4n) is 1.72. The molecule has 16 heavy (non-hydrogen) atoms. The van der Waals surface area contributed by atoms with Gasteiger partial charge in [0.2, 0.25) is 0 Å². The lowest BCUT2D eigenvalue weighted by atomic mass is 10.2. The molecule has 1 aromatic heterocycles. The Hall–Kier alpha value is -1.16. The van der Waals surface area contributed by atoms with Crippen LogP contribution in [-0.2, 0) is 0 Å². The summed E-state index contributed by atoms with van der Waals surface area (Å²) in [6, 6.07) is 0. The van der Waals surface area contributed by atoms with Crippen LogP contribution in [0.15, 0.2) is 12.4 Å². The van der Waals surface area contributed by atoms with Gasteiger partial charge in [-0.3, -0.25) is 4.98 Å². The molecule has 0 saturated carbocycles. The fraction of sp³-hybridized carbons (Fsp3) is 0.667. The Bertz CT molecular complexity index is 312. The van der Waals surface area contributed by atoms with Gasteiger partial charge in [-0.2, -0.15) is 0 Å². The fourth-order valence-corrected chi connectivity index (χ4v) is 1.72. The lowest BCUT2D eigenvalue weighted by Crippen LogP contribution is -2.31. The van der Waals surface area contributed by atoms with Crippen molar-refractivity contribution < 1.29 is 0 Å². The highest BCUT2D eigenvalue weighted by Gasteiger charge is 2.12. The summed E-state index contributed by atoms with van der Waals surface area (Å²) in [6.07, 6.45) is 4.47. The van der Waals surface area contributed by atoms with Crippen LogP contribution < -0.4 is 10.6 Å². The van der Waals surface area contributed by atoms with Gasteiger partial charge in [0.05, 0.1) is 5.69 Å². The summed E-state index contributed by atoms with van der Waals surface area (Å²) < 4.78 is 0. The van der Waals surface area contributed by atoms with Crippen molar-refractivity contribution in [1.82, 2.24) is 9.97 Å². The Morgan fingerprint density at radius 1 is 1.31 bits per heavy atom. The largest absolute Gasteiger partial charge is 0.355 e. The Labute approximate surface area is 97.9 Å². The summed E-state index contributed by atoms with van der Waals surface area (Å²) in [6.45, 7) is 9.09. The predicted octanol–water partition coefficient (Wildman–Crippen LogP) is 1.60. The average molecular weight is 222 g/mol. The van der Waals surface area contributed by atoms with Gasteiger partial charge in [-0.05, 0) is 25.8 Å². The molecular weight excluding hydrogens is 200 g/mol. The van der Waals surface area contributed by atoms with Crippen LogP contribution in [-0.4, -0.2) is 29.6 Å². The van der Waals surface area contributed by atoms with E-state index in [0.717, 1.165) is 31.0 Å². The molecule has 0 aliphatic rings. The quantitative estimate of drug-likeness (QED) is 0.794. The molecule has 90 valence electrons. The second kappa shape index (κ2) is 6.43. The van der Waals surface area contributed by atoms with Crippen LogP contribution in [0.25, 0.3) is 0 Å². The van der Waals surface area contributed by atoms with Gasteiger partial charge in [0, 0.05) is 25.5 Å². The maximum absolute atomic E-state index is 5.56. The van der Waals surface area contributed by atoms with E-state index in [1.54, 1.807) is 12.4 Å². The molecule has 0 saturated heterocycles. The molecular formula is C12H22N4. The van der Waals surface area contributed by atoms with Crippen molar-refractivity contribution in [1.29, 1.82) is 0 Å². The van der Waals surface area contributed by atoms with Crippen molar-refractivity contribution >= 4 is 5.82 Å². The van der Waals surface area contributed by atoms with Gasteiger partial charge < -0.3 is 10.6 Å². The summed E-state index contributed by atoms with van der Waals surface area (Å²) in [5.41, 5.74) is 6.55. The maximum atomic E-state index is 5.56. The molecule has 4 nitrogen and oxygen atoms in total. The minimum atomic E-state index is 0.610. The van der Waals surface area contributed by atoms with E-state index in [-0.39, 0.29) is 0 Å².